The predicted octanol–water partition coefficient (Wildman–Crippen LogP) is 1.43. The number of aromatic nitrogens is 2. The molecule has 0 spiro atoms. The summed E-state index contributed by atoms with van der Waals surface area (Å²) in [5.74, 6) is -0.811. The maximum atomic E-state index is 13.1. The van der Waals surface area contributed by atoms with E-state index in [0.717, 1.165) is 36.6 Å². The molecule has 0 amide bonds. The zero-order valence-corrected chi connectivity index (χ0v) is 14.2. The third kappa shape index (κ3) is 2.65. The molecule has 3 heterocycles. The Morgan fingerprint density at radius 3 is 3.08 bits per heavy atom. The summed E-state index contributed by atoms with van der Waals surface area (Å²) in [6.07, 6.45) is 4.49. The summed E-state index contributed by atoms with van der Waals surface area (Å²) in [7, 11) is 0. The molecule has 124 valence electrons. The van der Waals surface area contributed by atoms with Crippen molar-refractivity contribution in [3.63, 3.8) is 0 Å². The van der Waals surface area contributed by atoms with Crippen LogP contribution in [0.2, 0.25) is 0 Å². The van der Waals surface area contributed by atoms with Crippen LogP contribution in [0.4, 0.5) is 0 Å². The van der Waals surface area contributed by atoms with E-state index in [1.165, 1.54) is 9.44 Å². The Bertz CT molecular complexity index is 972. The number of carbonyl (C=O) groups excluding carboxylic acids is 1. The summed E-state index contributed by atoms with van der Waals surface area (Å²) in [5.41, 5.74) is 0.980. The number of carboxylic acids is 1. The monoisotopic (exact) mass is 361 g/mol. The molecular weight excluding hydrogens is 348 g/mol. The van der Waals surface area contributed by atoms with Gasteiger partial charge in [-0.1, -0.05) is 11.8 Å². The lowest BCUT2D eigenvalue weighted by Crippen LogP contribution is -2.27. The molecule has 0 aromatic carbocycles. The third-order valence-corrected chi connectivity index (χ3v) is 6.14. The highest BCUT2D eigenvalue weighted by molar-refractivity contribution is 7.99. The first-order chi connectivity index (χ1) is 11.6. The van der Waals surface area contributed by atoms with Crippen molar-refractivity contribution in [2.24, 2.45) is 0 Å². The topological polar surface area (TPSA) is 88.2 Å². The highest BCUT2D eigenvalue weighted by Gasteiger charge is 2.23. The van der Waals surface area contributed by atoms with Crippen molar-refractivity contribution in [1.29, 1.82) is 0 Å². The summed E-state index contributed by atoms with van der Waals surface area (Å²) in [6, 6.07) is 3.53. The lowest BCUT2D eigenvalue weighted by Gasteiger charge is -2.11. The summed E-state index contributed by atoms with van der Waals surface area (Å²) < 4.78 is 6.84. The number of aliphatic carboxylic acids is 1. The summed E-state index contributed by atoms with van der Waals surface area (Å²) in [6.45, 7) is 0.231. The zero-order valence-electron chi connectivity index (χ0n) is 12.6. The van der Waals surface area contributed by atoms with Crippen molar-refractivity contribution in [1.82, 2.24) is 9.55 Å². The second-order valence-corrected chi connectivity index (χ2v) is 7.59. The maximum absolute atomic E-state index is 13.1. The maximum Gasteiger partial charge on any atom is 0.263 e. The molecule has 3 aromatic heterocycles. The lowest BCUT2D eigenvalue weighted by atomic mass is 10.2. The van der Waals surface area contributed by atoms with Crippen LogP contribution in [0.5, 0.6) is 0 Å². The molecule has 4 rings (SSSR count). The average Bonchev–Trinajstić information content (AvgIpc) is 3.24. The normalized spacial score (nSPS) is 13.5. The molecule has 0 aliphatic heterocycles. The molecule has 1 aliphatic rings. The molecular formula is C16H13N2O4S2-. The van der Waals surface area contributed by atoms with Gasteiger partial charge in [0.2, 0.25) is 0 Å². The molecule has 8 heteroatoms. The molecule has 0 saturated carbocycles. The van der Waals surface area contributed by atoms with Gasteiger partial charge in [0.05, 0.1) is 24.2 Å². The van der Waals surface area contributed by atoms with Crippen molar-refractivity contribution in [2.75, 3.05) is 5.75 Å². The molecule has 0 atom stereocenters. The van der Waals surface area contributed by atoms with Gasteiger partial charge in [0.25, 0.3) is 5.56 Å². The van der Waals surface area contributed by atoms with Crippen LogP contribution in [0.25, 0.3) is 10.2 Å². The van der Waals surface area contributed by atoms with Crippen LogP contribution in [-0.2, 0) is 24.2 Å². The summed E-state index contributed by atoms with van der Waals surface area (Å²) in [4.78, 5) is 30.3. The van der Waals surface area contributed by atoms with E-state index < -0.39 is 5.97 Å². The number of hydrogen-bond acceptors (Lipinski definition) is 7. The molecule has 1 aliphatic carbocycles. The standard InChI is InChI=1S/C16H14N2O4S2/c19-12(20)8-23-16-17-14-13(10-4-1-5-11(10)24-14)15(21)18(16)7-9-3-2-6-22-9/h2-3,6H,1,4-5,7-8H2,(H,19,20)/p-1. The van der Waals surface area contributed by atoms with E-state index in [-0.39, 0.29) is 17.9 Å². The Hall–Kier alpha value is -2.06. The van der Waals surface area contributed by atoms with Gasteiger partial charge in [-0.25, -0.2) is 4.98 Å². The smallest absolute Gasteiger partial charge is 0.263 e. The van der Waals surface area contributed by atoms with Gasteiger partial charge in [0.1, 0.15) is 10.6 Å². The third-order valence-electron chi connectivity index (χ3n) is 4.00. The SMILES string of the molecule is O=C([O-])CSc1nc2sc3c(c2c(=O)n1Cc1ccco1)CCC3. The first kappa shape index (κ1) is 15.5. The van der Waals surface area contributed by atoms with Gasteiger partial charge in [-0.05, 0) is 37.0 Å². The molecule has 0 N–H and O–H groups in total. The van der Waals surface area contributed by atoms with Crippen molar-refractivity contribution < 1.29 is 14.3 Å². The van der Waals surface area contributed by atoms with Crippen LogP contribution in [0.1, 0.15) is 22.6 Å². The fraction of sp³-hybridized carbons (Fsp3) is 0.312. The van der Waals surface area contributed by atoms with Crippen LogP contribution in [-0.4, -0.2) is 21.3 Å². The minimum atomic E-state index is -1.19. The minimum Gasteiger partial charge on any atom is -0.549 e. The van der Waals surface area contributed by atoms with Crippen molar-refractivity contribution in [2.45, 2.75) is 31.0 Å². The van der Waals surface area contributed by atoms with Gasteiger partial charge in [-0.3, -0.25) is 9.36 Å². The zero-order chi connectivity index (χ0) is 16.7. The van der Waals surface area contributed by atoms with Gasteiger partial charge in [-0.15, -0.1) is 11.3 Å². The summed E-state index contributed by atoms with van der Waals surface area (Å²) in [5, 5.41) is 11.9. The number of nitrogens with zero attached hydrogens (tertiary/aromatic N) is 2. The number of furan rings is 1. The quantitative estimate of drug-likeness (QED) is 0.505. The second-order valence-electron chi connectivity index (χ2n) is 5.56. The van der Waals surface area contributed by atoms with Crippen molar-refractivity contribution in [3.8, 4) is 0 Å². The number of carboxylic acid groups (broad SMARTS) is 1. The van der Waals surface area contributed by atoms with Gasteiger partial charge in [0.15, 0.2) is 5.16 Å². The van der Waals surface area contributed by atoms with Crippen LogP contribution in [0.3, 0.4) is 0 Å². The number of aryl methyl sites for hydroxylation is 2. The Kier molecular flexibility index (Phi) is 3.93. The van der Waals surface area contributed by atoms with E-state index >= 15 is 0 Å². The Morgan fingerprint density at radius 2 is 2.33 bits per heavy atom. The number of thioether (sulfide) groups is 1. The van der Waals surface area contributed by atoms with E-state index in [2.05, 4.69) is 4.98 Å². The molecule has 0 unspecified atom stereocenters. The molecule has 6 nitrogen and oxygen atoms in total. The highest BCUT2D eigenvalue weighted by atomic mass is 32.2. The fourth-order valence-electron chi connectivity index (χ4n) is 2.99. The van der Waals surface area contributed by atoms with Gasteiger partial charge < -0.3 is 14.3 Å². The van der Waals surface area contributed by atoms with Crippen molar-refractivity contribution >= 4 is 39.3 Å². The van der Waals surface area contributed by atoms with Gasteiger partial charge in [0, 0.05) is 10.6 Å². The molecule has 0 bridgehead atoms. The first-order valence-electron chi connectivity index (χ1n) is 7.53. The molecule has 24 heavy (non-hydrogen) atoms. The summed E-state index contributed by atoms with van der Waals surface area (Å²) >= 11 is 2.54. The fourth-order valence-corrected chi connectivity index (χ4v) is 5.01. The van der Waals surface area contributed by atoms with Gasteiger partial charge >= 0.3 is 0 Å². The van der Waals surface area contributed by atoms with Crippen molar-refractivity contribution in [3.05, 3.63) is 45.0 Å². The first-order valence-corrected chi connectivity index (χ1v) is 9.34. The molecule has 3 aromatic rings. The number of carbonyl (C=O) groups is 1. The molecule has 0 fully saturated rings. The van der Waals surface area contributed by atoms with E-state index in [1.54, 1.807) is 29.7 Å². The number of rotatable bonds is 5. The Balaban J connectivity index is 1.87. The Labute approximate surface area is 145 Å². The predicted molar refractivity (Wildman–Crippen MR) is 89.4 cm³/mol. The second kappa shape index (κ2) is 6.10. The van der Waals surface area contributed by atoms with Crippen LogP contribution >= 0.6 is 23.1 Å². The molecule has 0 radical (unpaired) electrons. The largest absolute Gasteiger partial charge is 0.549 e. The van der Waals surface area contributed by atoms with E-state index in [0.29, 0.717) is 21.1 Å². The van der Waals surface area contributed by atoms with Gasteiger partial charge in [-0.2, -0.15) is 0 Å². The lowest BCUT2D eigenvalue weighted by molar-refractivity contribution is -0.301. The number of hydrogen-bond donors (Lipinski definition) is 0. The minimum absolute atomic E-state index is 0.128. The number of thiophene rings is 1. The Morgan fingerprint density at radius 1 is 1.46 bits per heavy atom. The van der Waals surface area contributed by atoms with E-state index in [4.69, 9.17) is 4.42 Å². The van der Waals surface area contributed by atoms with Crippen LogP contribution in [0.15, 0.2) is 32.8 Å². The number of fused-ring (bicyclic) bond motifs is 3. The molecule has 0 saturated heterocycles. The van der Waals surface area contributed by atoms with E-state index in [9.17, 15) is 14.7 Å². The van der Waals surface area contributed by atoms with Crippen LogP contribution < -0.4 is 10.7 Å². The van der Waals surface area contributed by atoms with Crippen LogP contribution in [0, 0.1) is 0 Å². The van der Waals surface area contributed by atoms with E-state index in [1.807, 2.05) is 0 Å². The average molecular weight is 361 g/mol. The highest BCUT2D eigenvalue weighted by Crippen LogP contribution is 2.35.